The quantitative estimate of drug-likeness (QED) is 0.408. The van der Waals surface area contributed by atoms with Crippen LogP contribution in [0.15, 0.2) is 58.5 Å². The summed E-state index contributed by atoms with van der Waals surface area (Å²) >= 11 is 1.72. The van der Waals surface area contributed by atoms with Gasteiger partial charge in [0.05, 0.1) is 18.8 Å². The number of nitrogens with one attached hydrogen (secondary N) is 1. The third kappa shape index (κ3) is 6.29. The average molecular weight is 510 g/mol. The van der Waals surface area contributed by atoms with E-state index in [4.69, 9.17) is 9.15 Å². The molecule has 1 aromatic carbocycles. The van der Waals surface area contributed by atoms with Crippen molar-refractivity contribution in [3.05, 3.63) is 75.9 Å². The Balaban J connectivity index is 1.50. The minimum Gasteiger partial charge on any atom is -0.491 e. The molecule has 2 aromatic heterocycles. The summed E-state index contributed by atoms with van der Waals surface area (Å²) in [6.45, 7) is 9.24. The van der Waals surface area contributed by atoms with Gasteiger partial charge in [-0.1, -0.05) is 26.0 Å². The van der Waals surface area contributed by atoms with E-state index in [0.29, 0.717) is 24.8 Å². The highest BCUT2D eigenvalue weighted by molar-refractivity contribution is 7.10. The number of ether oxygens (including phenoxy) is 1. The molecule has 192 valence electrons. The van der Waals surface area contributed by atoms with E-state index in [1.54, 1.807) is 29.7 Å². The number of nitrogens with zero attached hydrogens (tertiary/aromatic N) is 2. The third-order valence-electron chi connectivity index (χ3n) is 6.32. The zero-order chi connectivity index (χ0) is 25.7. The molecule has 1 aliphatic rings. The lowest BCUT2D eigenvalue weighted by molar-refractivity contribution is -0.135. The fraction of sp³-hybridized carbons (Fsp3) is 0.429. The maximum atomic E-state index is 13.6. The lowest BCUT2D eigenvalue weighted by Gasteiger charge is -2.37. The van der Waals surface area contributed by atoms with Gasteiger partial charge in [0.2, 0.25) is 5.91 Å². The SMILES string of the molecule is CC(C)NC(=O)N(CC(=O)N1CCc2sccc2[C@H]1COc1ccc(C(C)C)cc1)Cc1ccco1. The number of benzene rings is 1. The molecule has 0 aliphatic carbocycles. The first-order valence-electron chi connectivity index (χ1n) is 12.5. The second-order valence-corrected chi connectivity index (χ2v) is 10.7. The Morgan fingerprint density at radius 3 is 2.61 bits per heavy atom. The molecule has 0 saturated carbocycles. The summed E-state index contributed by atoms with van der Waals surface area (Å²) < 4.78 is 11.6. The number of hydrogen-bond donors (Lipinski definition) is 1. The monoisotopic (exact) mass is 509 g/mol. The molecule has 3 amide bonds. The number of carbonyl (C=O) groups excluding carboxylic acids is 2. The second-order valence-electron chi connectivity index (χ2n) is 9.73. The molecule has 0 saturated heterocycles. The first-order valence-corrected chi connectivity index (χ1v) is 13.4. The second kappa shape index (κ2) is 11.6. The standard InChI is InChI=1S/C28H35N3O4S/c1-19(2)21-7-9-22(10-8-21)35-18-25-24-12-15-36-26(24)11-13-31(25)27(32)17-30(28(33)29-20(3)4)16-23-6-5-14-34-23/h5-10,12,14-15,19-20,25H,11,13,16-18H2,1-4H3,(H,29,33)/t25-/m1/s1. The van der Waals surface area contributed by atoms with Crippen molar-refractivity contribution < 1.29 is 18.7 Å². The zero-order valence-corrected chi connectivity index (χ0v) is 22.2. The van der Waals surface area contributed by atoms with Crippen molar-refractivity contribution in [3.63, 3.8) is 0 Å². The van der Waals surface area contributed by atoms with Crippen LogP contribution < -0.4 is 10.1 Å². The first-order chi connectivity index (χ1) is 17.3. The van der Waals surface area contributed by atoms with Gasteiger partial charge in [0, 0.05) is 17.5 Å². The van der Waals surface area contributed by atoms with Crippen LogP contribution in [-0.2, 0) is 17.8 Å². The molecule has 0 bridgehead atoms. The van der Waals surface area contributed by atoms with E-state index in [2.05, 4.69) is 42.7 Å². The van der Waals surface area contributed by atoms with Gasteiger partial charge in [0.25, 0.3) is 0 Å². The summed E-state index contributed by atoms with van der Waals surface area (Å²) in [5.41, 5.74) is 2.39. The van der Waals surface area contributed by atoms with E-state index in [1.807, 2.05) is 30.9 Å². The van der Waals surface area contributed by atoms with Gasteiger partial charge >= 0.3 is 6.03 Å². The molecule has 4 rings (SSSR count). The highest BCUT2D eigenvalue weighted by Gasteiger charge is 2.33. The first kappa shape index (κ1) is 25.8. The summed E-state index contributed by atoms with van der Waals surface area (Å²) in [6, 6.07) is 13.3. The molecular formula is C28H35N3O4S. The Labute approximate surface area is 217 Å². The maximum absolute atomic E-state index is 13.6. The van der Waals surface area contributed by atoms with Crippen molar-refractivity contribution in [2.24, 2.45) is 0 Å². The summed E-state index contributed by atoms with van der Waals surface area (Å²) in [4.78, 5) is 31.2. The Hall–Kier alpha value is -3.26. The Morgan fingerprint density at radius 2 is 1.94 bits per heavy atom. The number of amides is 3. The molecule has 1 aliphatic heterocycles. The van der Waals surface area contributed by atoms with Gasteiger partial charge in [0.1, 0.15) is 24.7 Å². The number of furan rings is 1. The van der Waals surface area contributed by atoms with Gasteiger partial charge in [-0.15, -0.1) is 11.3 Å². The van der Waals surface area contributed by atoms with Crippen LogP contribution in [0.2, 0.25) is 0 Å². The molecule has 0 unspecified atom stereocenters. The predicted molar refractivity (Wildman–Crippen MR) is 141 cm³/mol. The van der Waals surface area contributed by atoms with E-state index in [9.17, 15) is 9.59 Å². The molecule has 8 heteroatoms. The topological polar surface area (TPSA) is 75.0 Å². The van der Waals surface area contributed by atoms with Crippen LogP contribution in [0.4, 0.5) is 4.79 Å². The van der Waals surface area contributed by atoms with Gasteiger partial charge in [-0.05, 0) is 73.0 Å². The largest absolute Gasteiger partial charge is 0.491 e. The van der Waals surface area contributed by atoms with E-state index in [-0.39, 0.29) is 37.1 Å². The minimum atomic E-state index is -0.291. The van der Waals surface area contributed by atoms with Crippen LogP contribution >= 0.6 is 11.3 Å². The van der Waals surface area contributed by atoms with Gasteiger partial charge < -0.3 is 24.3 Å². The lowest BCUT2D eigenvalue weighted by atomic mass is 10.00. The minimum absolute atomic E-state index is 0.0433. The number of thiophene rings is 1. The van der Waals surface area contributed by atoms with Crippen molar-refractivity contribution in [1.29, 1.82) is 0 Å². The Kier molecular flexibility index (Phi) is 8.36. The van der Waals surface area contributed by atoms with Crippen LogP contribution in [0.25, 0.3) is 0 Å². The highest BCUT2D eigenvalue weighted by atomic mass is 32.1. The summed E-state index contributed by atoms with van der Waals surface area (Å²) in [6.07, 6.45) is 2.37. The van der Waals surface area contributed by atoms with Gasteiger partial charge in [-0.2, -0.15) is 0 Å². The third-order valence-corrected chi connectivity index (χ3v) is 7.32. The summed E-state index contributed by atoms with van der Waals surface area (Å²) in [5.74, 6) is 1.76. The fourth-order valence-electron chi connectivity index (χ4n) is 4.38. The van der Waals surface area contributed by atoms with Crippen LogP contribution in [-0.4, -0.2) is 47.5 Å². The van der Waals surface area contributed by atoms with Crippen molar-refractivity contribution in [1.82, 2.24) is 15.1 Å². The summed E-state index contributed by atoms with van der Waals surface area (Å²) in [7, 11) is 0. The molecule has 36 heavy (non-hydrogen) atoms. The Bertz CT molecular complexity index is 1140. The molecule has 3 aromatic rings. The number of urea groups is 1. The van der Waals surface area contributed by atoms with Crippen LogP contribution in [0.1, 0.15) is 61.4 Å². The van der Waals surface area contributed by atoms with Crippen molar-refractivity contribution in [3.8, 4) is 5.75 Å². The molecular weight excluding hydrogens is 474 g/mol. The van der Waals surface area contributed by atoms with Crippen LogP contribution in [0, 0.1) is 0 Å². The predicted octanol–water partition coefficient (Wildman–Crippen LogP) is 5.59. The fourth-order valence-corrected chi connectivity index (χ4v) is 5.31. The number of hydrogen-bond acceptors (Lipinski definition) is 5. The molecule has 7 nitrogen and oxygen atoms in total. The average Bonchev–Trinajstić information content (AvgIpc) is 3.54. The summed E-state index contributed by atoms with van der Waals surface area (Å²) in [5, 5.41) is 4.97. The molecule has 1 N–H and O–H groups in total. The maximum Gasteiger partial charge on any atom is 0.318 e. The van der Waals surface area contributed by atoms with Gasteiger partial charge in [-0.3, -0.25) is 4.79 Å². The zero-order valence-electron chi connectivity index (χ0n) is 21.4. The van der Waals surface area contributed by atoms with Gasteiger partial charge in [0.15, 0.2) is 0 Å². The van der Waals surface area contributed by atoms with Gasteiger partial charge in [-0.25, -0.2) is 4.79 Å². The number of fused-ring (bicyclic) bond motifs is 1. The van der Waals surface area contributed by atoms with Crippen LogP contribution in [0.5, 0.6) is 5.75 Å². The normalized spacial score (nSPS) is 15.2. The van der Waals surface area contributed by atoms with E-state index in [0.717, 1.165) is 17.7 Å². The van der Waals surface area contributed by atoms with E-state index in [1.165, 1.54) is 15.3 Å². The van der Waals surface area contributed by atoms with Crippen LogP contribution in [0.3, 0.4) is 0 Å². The van der Waals surface area contributed by atoms with E-state index >= 15 is 0 Å². The van der Waals surface area contributed by atoms with Crippen molar-refractivity contribution in [2.45, 2.75) is 58.7 Å². The lowest BCUT2D eigenvalue weighted by Crippen LogP contribution is -2.50. The number of rotatable bonds is 9. The highest BCUT2D eigenvalue weighted by Crippen LogP contribution is 2.34. The van der Waals surface area contributed by atoms with E-state index < -0.39 is 0 Å². The van der Waals surface area contributed by atoms with Crippen molar-refractivity contribution >= 4 is 23.3 Å². The molecule has 0 spiro atoms. The number of carbonyl (C=O) groups is 2. The smallest absolute Gasteiger partial charge is 0.318 e. The molecule has 0 radical (unpaired) electrons. The molecule has 0 fully saturated rings. The van der Waals surface area contributed by atoms with Crippen molar-refractivity contribution in [2.75, 3.05) is 19.7 Å². The molecule has 1 atom stereocenters. The Morgan fingerprint density at radius 1 is 1.17 bits per heavy atom. The molecule has 3 heterocycles.